The van der Waals surface area contributed by atoms with Gasteiger partial charge in [-0.25, -0.2) is 0 Å². The van der Waals surface area contributed by atoms with E-state index in [1.807, 2.05) is 36.6 Å². The molecule has 0 saturated heterocycles. The second kappa shape index (κ2) is 10.0. The van der Waals surface area contributed by atoms with E-state index in [1.165, 1.54) is 4.90 Å². The highest BCUT2D eigenvalue weighted by Crippen LogP contribution is 2.19. The van der Waals surface area contributed by atoms with Crippen LogP contribution < -0.4 is 10.1 Å². The molecular weight excluding hydrogens is 318 g/mol. The SMILES string of the molecule is CCCCCOc1ccccc1C(=O)NCc1ccc(SC)cc1. The van der Waals surface area contributed by atoms with Crippen LogP contribution in [-0.2, 0) is 6.54 Å². The number of carbonyl (C=O) groups is 1. The molecule has 4 heteroatoms. The number of ether oxygens (including phenoxy) is 1. The molecule has 0 spiro atoms. The van der Waals surface area contributed by atoms with Crippen LogP contribution >= 0.6 is 11.8 Å². The third-order valence-electron chi connectivity index (χ3n) is 3.75. The highest BCUT2D eigenvalue weighted by Gasteiger charge is 2.11. The molecule has 2 aromatic carbocycles. The van der Waals surface area contributed by atoms with Crippen LogP contribution in [-0.4, -0.2) is 18.8 Å². The van der Waals surface area contributed by atoms with Gasteiger partial charge >= 0.3 is 0 Å². The Bertz CT molecular complexity index is 640. The molecule has 3 nitrogen and oxygen atoms in total. The van der Waals surface area contributed by atoms with Crippen LogP contribution in [0.25, 0.3) is 0 Å². The molecule has 128 valence electrons. The van der Waals surface area contributed by atoms with Crippen molar-refractivity contribution in [3.8, 4) is 5.75 Å². The normalized spacial score (nSPS) is 10.4. The maximum absolute atomic E-state index is 12.5. The minimum atomic E-state index is -0.102. The average Bonchev–Trinajstić information content (AvgIpc) is 2.64. The quantitative estimate of drug-likeness (QED) is 0.519. The van der Waals surface area contributed by atoms with Crippen LogP contribution in [0.15, 0.2) is 53.4 Å². The van der Waals surface area contributed by atoms with Crippen molar-refractivity contribution in [3.05, 3.63) is 59.7 Å². The summed E-state index contributed by atoms with van der Waals surface area (Å²) in [4.78, 5) is 13.7. The summed E-state index contributed by atoms with van der Waals surface area (Å²) in [5.41, 5.74) is 1.68. The molecular formula is C20H25NO2S. The summed E-state index contributed by atoms with van der Waals surface area (Å²) < 4.78 is 5.78. The van der Waals surface area contributed by atoms with Gasteiger partial charge in [0.1, 0.15) is 5.75 Å². The molecule has 0 bridgehead atoms. The second-order valence-electron chi connectivity index (χ2n) is 5.58. The van der Waals surface area contributed by atoms with E-state index in [0.29, 0.717) is 24.5 Å². The Balaban J connectivity index is 1.93. The molecule has 0 aliphatic heterocycles. The van der Waals surface area contributed by atoms with Crippen LogP contribution in [0.5, 0.6) is 5.75 Å². The summed E-state index contributed by atoms with van der Waals surface area (Å²) >= 11 is 1.71. The number of hydrogen-bond acceptors (Lipinski definition) is 3. The zero-order chi connectivity index (χ0) is 17.2. The molecule has 0 atom stereocenters. The molecule has 1 N–H and O–H groups in total. The van der Waals surface area contributed by atoms with Crippen molar-refractivity contribution in [1.82, 2.24) is 5.32 Å². The van der Waals surface area contributed by atoms with Gasteiger partial charge in [-0.1, -0.05) is 44.0 Å². The standard InChI is InChI=1S/C20H25NO2S/c1-3-4-7-14-23-19-9-6-5-8-18(19)20(22)21-15-16-10-12-17(24-2)13-11-16/h5-6,8-13H,3-4,7,14-15H2,1-2H3,(H,21,22). The van der Waals surface area contributed by atoms with Crippen LogP contribution in [0.4, 0.5) is 0 Å². The molecule has 24 heavy (non-hydrogen) atoms. The summed E-state index contributed by atoms with van der Waals surface area (Å²) in [7, 11) is 0. The van der Waals surface area contributed by atoms with Gasteiger partial charge in [-0.05, 0) is 42.5 Å². The highest BCUT2D eigenvalue weighted by atomic mass is 32.2. The van der Waals surface area contributed by atoms with E-state index in [1.54, 1.807) is 17.8 Å². The largest absolute Gasteiger partial charge is 0.493 e. The van der Waals surface area contributed by atoms with E-state index in [0.717, 1.165) is 24.8 Å². The Morgan fingerprint density at radius 2 is 1.83 bits per heavy atom. The first kappa shape index (κ1) is 18.4. The summed E-state index contributed by atoms with van der Waals surface area (Å²) in [6.07, 6.45) is 5.35. The Labute approximate surface area is 148 Å². The second-order valence-corrected chi connectivity index (χ2v) is 6.46. The van der Waals surface area contributed by atoms with Crippen molar-refractivity contribution in [2.24, 2.45) is 0 Å². The van der Waals surface area contributed by atoms with E-state index in [4.69, 9.17) is 4.74 Å². The number of benzene rings is 2. The number of nitrogens with one attached hydrogen (secondary N) is 1. The summed E-state index contributed by atoms with van der Waals surface area (Å²) in [5.74, 6) is 0.555. The third kappa shape index (κ3) is 5.60. The zero-order valence-electron chi connectivity index (χ0n) is 14.4. The Kier molecular flexibility index (Phi) is 7.69. The number of para-hydroxylation sites is 1. The fourth-order valence-electron chi connectivity index (χ4n) is 2.34. The maximum Gasteiger partial charge on any atom is 0.255 e. The van der Waals surface area contributed by atoms with E-state index in [2.05, 4.69) is 24.4 Å². The summed E-state index contributed by atoms with van der Waals surface area (Å²) in [6, 6.07) is 15.6. The molecule has 0 radical (unpaired) electrons. The Hall–Kier alpha value is -1.94. The molecule has 2 rings (SSSR count). The fraction of sp³-hybridized carbons (Fsp3) is 0.350. The lowest BCUT2D eigenvalue weighted by Crippen LogP contribution is -2.23. The van der Waals surface area contributed by atoms with Gasteiger partial charge in [0.2, 0.25) is 0 Å². The molecule has 1 amide bonds. The van der Waals surface area contributed by atoms with Crippen LogP contribution in [0.3, 0.4) is 0 Å². The topological polar surface area (TPSA) is 38.3 Å². The summed E-state index contributed by atoms with van der Waals surface area (Å²) in [6.45, 7) is 3.32. The number of hydrogen-bond donors (Lipinski definition) is 1. The van der Waals surface area contributed by atoms with Crippen molar-refractivity contribution in [2.45, 2.75) is 37.6 Å². The lowest BCUT2D eigenvalue weighted by molar-refractivity contribution is 0.0946. The van der Waals surface area contributed by atoms with Gasteiger partial charge in [-0.3, -0.25) is 4.79 Å². The van der Waals surface area contributed by atoms with Gasteiger partial charge in [0.15, 0.2) is 0 Å². The third-order valence-corrected chi connectivity index (χ3v) is 4.49. The van der Waals surface area contributed by atoms with Gasteiger partial charge in [0, 0.05) is 11.4 Å². The fourth-order valence-corrected chi connectivity index (χ4v) is 2.74. The molecule has 0 aliphatic rings. The lowest BCUT2D eigenvalue weighted by atomic mass is 10.1. The van der Waals surface area contributed by atoms with E-state index < -0.39 is 0 Å². The van der Waals surface area contributed by atoms with E-state index in [9.17, 15) is 4.79 Å². The maximum atomic E-state index is 12.5. The van der Waals surface area contributed by atoms with Crippen molar-refractivity contribution in [3.63, 3.8) is 0 Å². The number of thioether (sulfide) groups is 1. The van der Waals surface area contributed by atoms with E-state index >= 15 is 0 Å². The minimum absolute atomic E-state index is 0.102. The first-order valence-corrected chi connectivity index (χ1v) is 9.60. The number of amides is 1. The van der Waals surface area contributed by atoms with Crippen molar-refractivity contribution in [1.29, 1.82) is 0 Å². The number of carbonyl (C=O) groups excluding carboxylic acids is 1. The van der Waals surface area contributed by atoms with Gasteiger partial charge < -0.3 is 10.1 Å². The molecule has 0 heterocycles. The van der Waals surface area contributed by atoms with Gasteiger partial charge in [-0.2, -0.15) is 0 Å². The highest BCUT2D eigenvalue weighted by molar-refractivity contribution is 7.98. The van der Waals surface area contributed by atoms with Gasteiger partial charge in [0.05, 0.1) is 12.2 Å². The molecule has 0 aliphatic carbocycles. The van der Waals surface area contributed by atoms with Crippen molar-refractivity contribution >= 4 is 17.7 Å². The predicted molar refractivity (Wildman–Crippen MR) is 101 cm³/mol. The minimum Gasteiger partial charge on any atom is -0.493 e. The van der Waals surface area contributed by atoms with Gasteiger partial charge in [0.25, 0.3) is 5.91 Å². The lowest BCUT2D eigenvalue weighted by Gasteiger charge is -2.12. The van der Waals surface area contributed by atoms with Crippen LogP contribution in [0.1, 0.15) is 42.1 Å². The summed E-state index contributed by atoms with van der Waals surface area (Å²) in [5, 5.41) is 2.97. The molecule has 2 aromatic rings. The molecule has 0 aromatic heterocycles. The van der Waals surface area contributed by atoms with Crippen molar-refractivity contribution in [2.75, 3.05) is 12.9 Å². The van der Waals surface area contributed by atoms with Crippen molar-refractivity contribution < 1.29 is 9.53 Å². The number of unbranched alkanes of at least 4 members (excludes halogenated alkanes) is 2. The van der Waals surface area contributed by atoms with E-state index in [-0.39, 0.29) is 5.91 Å². The predicted octanol–water partition coefficient (Wildman–Crippen LogP) is 4.91. The molecule has 0 saturated carbocycles. The smallest absolute Gasteiger partial charge is 0.255 e. The first-order valence-electron chi connectivity index (χ1n) is 8.37. The Morgan fingerprint density at radius 3 is 2.54 bits per heavy atom. The zero-order valence-corrected chi connectivity index (χ0v) is 15.2. The van der Waals surface area contributed by atoms with Crippen LogP contribution in [0, 0.1) is 0 Å². The molecule has 0 fully saturated rings. The average molecular weight is 343 g/mol. The molecule has 0 unspecified atom stereocenters. The monoisotopic (exact) mass is 343 g/mol. The van der Waals surface area contributed by atoms with Gasteiger partial charge in [-0.15, -0.1) is 11.8 Å². The Morgan fingerprint density at radius 1 is 1.08 bits per heavy atom. The van der Waals surface area contributed by atoms with Crippen LogP contribution in [0.2, 0.25) is 0 Å². The first-order chi connectivity index (χ1) is 11.7. The number of rotatable bonds is 9.